The highest BCUT2D eigenvalue weighted by Crippen LogP contribution is 2.25. The summed E-state index contributed by atoms with van der Waals surface area (Å²) in [6.45, 7) is 10.1. The fraction of sp³-hybridized carbons (Fsp3) is 0.722. The van der Waals surface area contributed by atoms with E-state index >= 15 is 0 Å². The van der Waals surface area contributed by atoms with E-state index in [0.29, 0.717) is 12.6 Å². The molecule has 138 valence electrons. The van der Waals surface area contributed by atoms with Crippen molar-refractivity contribution >= 4 is 17.7 Å². The number of nitrogens with zero attached hydrogens (tertiary/aromatic N) is 3. The van der Waals surface area contributed by atoms with E-state index in [1.165, 1.54) is 44.1 Å². The summed E-state index contributed by atoms with van der Waals surface area (Å²) in [4.78, 5) is 13.9. The molecule has 1 aromatic rings. The molecule has 0 aromatic carbocycles. The predicted molar refractivity (Wildman–Crippen MR) is 99.8 cm³/mol. The summed E-state index contributed by atoms with van der Waals surface area (Å²) in [6.07, 6.45) is 9.07. The van der Waals surface area contributed by atoms with Crippen molar-refractivity contribution in [2.75, 3.05) is 19.6 Å². The molecule has 6 nitrogen and oxygen atoms in total. The summed E-state index contributed by atoms with van der Waals surface area (Å²) in [5.41, 5.74) is 0. The van der Waals surface area contributed by atoms with Crippen LogP contribution in [-0.2, 0) is 17.8 Å². The van der Waals surface area contributed by atoms with Crippen molar-refractivity contribution in [2.24, 2.45) is 0 Å². The zero-order valence-electron chi connectivity index (χ0n) is 15.2. The van der Waals surface area contributed by atoms with Gasteiger partial charge in [0.25, 0.3) is 0 Å². The largest absolute Gasteiger partial charge is 0.352 e. The van der Waals surface area contributed by atoms with Crippen molar-refractivity contribution in [1.82, 2.24) is 20.1 Å². The number of nitrogens with one attached hydrogen (secondary N) is 2. The van der Waals surface area contributed by atoms with Gasteiger partial charge in [-0.05, 0) is 39.0 Å². The van der Waals surface area contributed by atoms with Crippen molar-refractivity contribution in [3.05, 3.63) is 18.5 Å². The molecule has 2 fully saturated rings. The first kappa shape index (κ1) is 18.5. The Morgan fingerprint density at radius 2 is 2.16 bits per heavy atom. The molecule has 1 saturated carbocycles. The number of rotatable bonds is 9. The van der Waals surface area contributed by atoms with Gasteiger partial charge in [-0.3, -0.25) is 4.79 Å². The third-order valence-electron chi connectivity index (χ3n) is 4.94. The van der Waals surface area contributed by atoms with E-state index in [2.05, 4.69) is 26.7 Å². The maximum Gasteiger partial charge on any atom is 0.233 e. The third kappa shape index (κ3) is 5.31. The SMILES string of the molecule is C=CCn1c(CC[NH+]2CCCCC2)nnc1S[C@@H](C)C(=O)NC1CC1. The van der Waals surface area contributed by atoms with Crippen LogP contribution in [0.1, 0.15) is 44.9 Å². The average molecular weight is 365 g/mol. The average Bonchev–Trinajstić information content (AvgIpc) is 3.36. The van der Waals surface area contributed by atoms with Crippen LogP contribution in [0.3, 0.4) is 0 Å². The minimum Gasteiger partial charge on any atom is -0.352 e. The second kappa shape index (κ2) is 8.85. The van der Waals surface area contributed by atoms with Gasteiger partial charge in [0, 0.05) is 12.6 Å². The number of amides is 1. The van der Waals surface area contributed by atoms with E-state index in [1.807, 2.05) is 13.0 Å². The molecule has 0 unspecified atom stereocenters. The fourth-order valence-corrected chi connectivity index (χ4v) is 4.14. The van der Waals surface area contributed by atoms with Crippen LogP contribution in [0.25, 0.3) is 0 Å². The van der Waals surface area contributed by atoms with E-state index < -0.39 is 0 Å². The van der Waals surface area contributed by atoms with Crippen LogP contribution < -0.4 is 10.2 Å². The second-order valence-corrected chi connectivity index (χ2v) is 8.46. The molecule has 1 saturated heterocycles. The summed E-state index contributed by atoms with van der Waals surface area (Å²) in [5, 5.41) is 12.5. The zero-order valence-corrected chi connectivity index (χ0v) is 16.0. The molecule has 1 aromatic heterocycles. The maximum absolute atomic E-state index is 12.2. The Bertz CT molecular complexity index is 592. The lowest BCUT2D eigenvalue weighted by Gasteiger charge is -2.23. The van der Waals surface area contributed by atoms with Gasteiger partial charge >= 0.3 is 0 Å². The number of hydrogen-bond donors (Lipinski definition) is 2. The second-order valence-electron chi connectivity index (χ2n) is 7.15. The molecule has 2 N–H and O–H groups in total. The molecular weight excluding hydrogens is 334 g/mol. The number of hydrogen-bond acceptors (Lipinski definition) is 4. The zero-order chi connectivity index (χ0) is 17.6. The highest BCUT2D eigenvalue weighted by Gasteiger charge is 2.27. The molecule has 0 bridgehead atoms. The molecule has 25 heavy (non-hydrogen) atoms. The quantitative estimate of drug-likeness (QED) is 0.503. The fourth-order valence-electron chi connectivity index (χ4n) is 3.25. The van der Waals surface area contributed by atoms with Gasteiger partial charge in [-0.2, -0.15) is 0 Å². The number of allylic oxidation sites excluding steroid dienone is 1. The third-order valence-corrected chi connectivity index (χ3v) is 6.02. The van der Waals surface area contributed by atoms with Crippen LogP contribution in [0.5, 0.6) is 0 Å². The number of piperidine rings is 1. The number of carbonyl (C=O) groups excluding carboxylic acids is 1. The normalized spacial score (nSPS) is 19.6. The lowest BCUT2D eigenvalue weighted by Crippen LogP contribution is -3.13. The molecule has 1 amide bonds. The molecule has 7 heteroatoms. The number of carbonyl (C=O) groups is 1. The van der Waals surface area contributed by atoms with E-state index in [0.717, 1.165) is 36.8 Å². The van der Waals surface area contributed by atoms with Gasteiger partial charge in [-0.1, -0.05) is 17.8 Å². The van der Waals surface area contributed by atoms with Crippen LogP contribution in [0.2, 0.25) is 0 Å². The molecule has 1 aliphatic heterocycles. The van der Waals surface area contributed by atoms with Crippen LogP contribution >= 0.6 is 11.8 Å². The molecule has 3 rings (SSSR count). The van der Waals surface area contributed by atoms with Crippen LogP contribution in [0.15, 0.2) is 17.8 Å². The summed E-state index contributed by atoms with van der Waals surface area (Å²) in [5.74, 6) is 1.11. The highest BCUT2D eigenvalue weighted by molar-refractivity contribution is 8.00. The molecule has 2 aliphatic rings. The summed E-state index contributed by atoms with van der Waals surface area (Å²) in [7, 11) is 0. The van der Waals surface area contributed by atoms with Gasteiger partial charge in [-0.15, -0.1) is 16.8 Å². The van der Waals surface area contributed by atoms with Gasteiger partial charge in [0.2, 0.25) is 5.91 Å². The van der Waals surface area contributed by atoms with Gasteiger partial charge in [0.15, 0.2) is 5.16 Å². The number of aromatic nitrogens is 3. The number of thioether (sulfide) groups is 1. The smallest absolute Gasteiger partial charge is 0.233 e. The van der Waals surface area contributed by atoms with Gasteiger partial charge in [0.05, 0.1) is 31.3 Å². The summed E-state index contributed by atoms with van der Waals surface area (Å²) < 4.78 is 2.11. The Labute approximate surface area is 154 Å². The van der Waals surface area contributed by atoms with E-state index in [4.69, 9.17) is 0 Å². The van der Waals surface area contributed by atoms with Gasteiger partial charge < -0.3 is 14.8 Å². The standard InChI is InChI=1S/C18H29N5OS/c1-3-10-23-16(9-13-22-11-5-4-6-12-22)20-21-18(23)25-14(2)17(24)19-15-7-8-15/h3,14-15H,1,4-13H2,2H3,(H,19,24)/p+1/t14-/m0/s1. The first-order valence-corrected chi connectivity index (χ1v) is 10.4. The summed E-state index contributed by atoms with van der Waals surface area (Å²) >= 11 is 1.49. The van der Waals surface area contributed by atoms with Crippen molar-refractivity contribution in [3.8, 4) is 0 Å². The lowest BCUT2D eigenvalue weighted by molar-refractivity contribution is -0.904. The monoisotopic (exact) mass is 364 g/mol. The van der Waals surface area contributed by atoms with E-state index in [9.17, 15) is 4.79 Å². The van der Waals surface area contributed by atoms with Crippen molar-refractivity contribution in [3.63, 3.8) is 0 Å². The highest BCUT2D eigenvalue weighted by atomic mass is 32.2. The number of quaternary nitrogens is 1. The van der Waals surface area contributed by atoms with Gasteiger partial charge in [0.1, 0.15) is 5.82 Å². The van der Waals surface area contributed by atoms with E-state index in [1.54, 1.807) is 4.90 Å². The Hall–Kier alpha value is -1.34. The minimum absolute atomic E-state index is 0.0972. The van der Waals surface area contributed by atoms with Gasteiger partial charge in [-0.25, -0.2) is 0 Å². The summed E-state index contributed by atoms with van der Waals surface area (Å²) in [6, 6.07) is 0.393. The molecular formula is C18H30N5OS+. The topological polar surface area (TPSA) is 64.2 Å². The Morgan fingerprint density at radius 3 is 2.84 bits per heavy atom. The lowest BCUT2D eigenvalue weighted by atomic mass is 10.1. The minimum atomic E-state index is -0.158. The molecule has 2 heterocycles. The number of likely N-dealkylation sites (tertiary alicyclic amines) is 1. The first-order valence-electron chi connectivity index (χ1n) is 9.51. The Balaban J connectivity index is 1.59. The van der Waals surface area contributed by atoms with Crippen molar-refractivity contribution in [1.29, 1.82) is 0 Å². The first-order chi connectivity index (χ1) is 12.2. The van der Waals surface area contributed by atoms with Crippen molar-refractivity contribution < 1.29 is 9.69 Å². The van der Waals surface area contributed by atoms with Crippen molar-refractivity contribution in [2.45, 2.75) is 68.4 Å². The van der Waals surface area contributed by atoms with Crippen LogP contribution in [0, 0.1) is 0 Å². The molecule has 0 radical (unpaired) electrons. The van der Waals surface area contributed by atoms with Crippen LogP contribution in [-0.4, -0.2) is 51.6 Å². The molecule has 1 atom stereocenters. The molecule has 0 spiro atoms. The Morgan fingerprint density at radius 1 is 1.40 bits per heavy atom. The Kier molecular flexibility index (Phi) is 6.53. The van der Waals surface area contributed by atoms with E-state index in [-0.39, 0.29) is 11.2 Å². The van der Waals surface area contributed by atoms with Crippen LogP contribution in [0.4, 0.5) is 0 Å². The molecule has 1 aliphatic carbocycles. The predicted octanol–water partition coefficient (Wildman–Crippen LogP) is 0.835. The maximum atomic E-state index is 12.2.